The predicted molar refractivity (Wildman–Crippen MR) is 71.9 cm³/mol. The molecule has 2 fully saturated rings. The standard InChI is InChI=1S/C15H21S/c1-2-8-14(9-3-1)16-12-13-6-4-10-15(16)11-5-7-13/h1-3,8-9,13,15H,4-7,10-12H2/q+1. The first-order valence-electron chi connectivity index (χ1n) is 6.68. The van der Waals surface area contributed by atoms with Gasteiger partial charge in [-0.2, -0.15) is 0 Å². The van der Waals surface area contributed by atoms with Crippen LogP contribution in [0.4, 0.5) is 0 Å². The summed E-state index contributed by atoms with van der Waals surface area (Å²) in [6.07, 6.45) is 8.99. The normalized spacial score (nSPS) is 34.4. The maximum absolute atomic E-state index is 2.36. The molecule has 0 nitrogen and oxygen atoms in total. The molecular weight excluding hydrogens is 212 g/mol. The van der Waals surface area contributed by atoms with E-state index >= 15 is 0 Å². The average molecular weight is 233 g/mol. The molecule has 0 aromatic heterocycles. The SMILES string of the molecule is c1ccc([S+]2CC3CCCC2CCC3)cc1. The molecule has 0 spiro atoms. The topological polar surface area (TPSA) is 0 Å². The van der Waals surface area contributed by atoms with Crippen molar-refractivity contribution in [2.45, 2.75) is 48.7 Å². The zero-order valence-corrected chi connectivity index (χ0v) is 10.7. The van der Waals surface area contributed by atoms with E-state index in [0.717, 1.165) is 11.2 Å². The van der Waals surface area contributed by atoms with Gasteiger partial charge in [0.1, 0.15) is 11.0 Å². The largest absolute Gasteiger partial charge is 0.155 e. The van der Waals surface area contributed by atoms with E-state index in [4.69, 9.17) is 0 Å². The zero-order valence-electron chi connectivity index (χ0n) is 9.90. The maximum atomic E-state index is 2.36. The number of hydrogen-bond donors (Lipinski definition) is 0. The summed E-state index contributed by atoms with van der Waals surface area (Å²) in [7, 11) is 0.569. The van der Waals surface area contributed by atoms with Gasteiger partial charge in [0.2, 0.25) is 0 Å². The molecule has 1 heteroatoms. The van der Waals surface area contributed by atoms with Crippen molar-refractivity contribution >= 4 is 10.9 Å². The van der Waals surface area contributed by atoms with Crippen LogP contribution in [0.25, 0.3) is 0 Å². The quantitative estimate of drug-likeness (QED) is 0.643. The molecule has 86 valence electrons. The Hall–Kier alpha value is -0.430. The summed E-state index contributed by atoms with van der Waals surface area (Å²) in [5.41, 5.74) is 0. The lowest BCUT2D eigenvalue weighted by Gasteiger charge is -2.14. The molecule has 2 aliphatic rings. The van der Waals surface area contributed by atoms with Crippen LogP contribution in [0.2, 0.25) is 0 Å². The number of fused-ring (bicyclic) bond motifs is 3. The van der Waals surface area contributed by atoms with Gasteiger partial charge in [0, 0.05) is 16.8 Å². The molecule has 2 saturated heterocycles. The van der Waals surface area contributed by atoms with Gasteiger partial charge in [-0.3, -0.25) is 0 Å². The Balaban J connectivity index is 1.88. The summed E-state index contributed by atoms with van der Waals surface area (Å²) in [6.45, 7) is 0. The van der Waals surface area contributed by atoms with E-state index in [1.165, 1.54) is 44.3 Å². The molecule has 0 radical (unpaired) electrons. The Morgan fingerprint density at radius 1 is 0.875 bits per heavy atom. The van der Waals surface area contributed by atoms with Gasteiger partial charge in [-0.05, 0) is 50.7 Å². The Kier molecular flexibility index (Phi) is 3.23. The lowest BCUT2D eigenvalue weighted by atomic mass is 9.93. The summed E-state index contributed by atoms with van der Waals surface area (Å²) in [6, 6.07) is 11.3. The van der Waals surface area contributed by atoms with Crippen molar-refractivity contribution in [1.29, 1.82) is 0 Å². The van der Waals surface area contributed by atoms with Crippen LogP contribution in [-0.2, 0) is 10.9 Å². The molecule has 0 amide bonds. The van der Waals surface area contributed by atoms with E-state index in [1.54, 1.807) is 4.90 Å². The van der Waals surface area contributed by atoms with Gasteiger partial charge in [0.15, 0.2) is 4.90 Å². The fourth-order valence-electron chi connectivity index (χ4n) is 3.28. The molecule has 16 heavy (non-hydrogen) atoms. The highest BCUT2D eigenvalue weighted by atomic mass is 32.2. The van der Waals surface area contributed by atoms with Crippen molar-refractivity contribution in [1.82, 2.24) is 0 Å². The fourth-order valence-corrected chi connectivity index (χ4v) is 6.38. The predicted octanol–water partition coefficient (Wildman–Crippen LogP) is 4.02. The third-order valence-corrected chi connectivity index (χ3v) is 7.12. The molecule has 1 aromatic rings. The van der Waals surface area contributed by atoms with Crippen LogP contribution in [0.15, 0.2) is 35.2 Å². The molecule has 1 atom stereocenters. The van der Waals surface area contributed by atoms with Gasteiger partial charge in [-0.25, -0.2) is 0 Å². The van der Waals surface area contributed by atoms with Gasteiger partial charge in [-0.1, -0.05) is 18.2 Å². The Labute approximate surface area is 102 Å². The van der Waals surface area contributed by atoms with Crippen molar-refractivity contribution in [3.63, 3.8) is 0 Å². The minimum Gasteiger partial charge on any atom is -0.0619 e. The first-order valence-corrected chi connectivity index (χ1v) is 8.14. The molecule has 0 saturated carbocycles. The molecule has 2 heterocycles. The smallest absolute Gasteiger partial charge is 0.0619 e. The first kappa shape index (κ1) is 10.7. The van der Waals surface area contributed by atoms with E-state index < -0.39 is 0 Å². The molecule has 0 N–H and O–H groups in total. The monoisotopic (exact) mass is 233 g/mol. The highest BCUT2D eigenvalue weighted by Crippen LogP contribution is 2.37. The zero-order chi connectivity index (χ0) is 10.8. The highest BCUT2D eigenvalue weighted by molar-refractivity contribution is 7.97. The third-order valence-electron chi connectivity index (χ3n) is 4.14. The summed E-state index contributed by atoms with van der Waals surface area (Å²) in [5, 5.41) is 1.01. The van der Waals surface area contributed by atoms with Crippen molar-refractivity contribution < 1.29 is 0 Å². The Bertz CT molecular complexity index is 323. The van der Waals surface area contributed by atoms with Gasteiger partial charge < -0.3 is 0 Å². The van der Waals surface area contributed by atoms with Crippen LogP contribution in [-0.4, -0.2) is 11.0 Å². The van der Waals surface area contributed by atoms with E-state index in [0.29, 0.717) is 10.9 Å². The van der Waals surface area contributed by atoms with E-state index in [2.05, 4.69) is 30.3 Å². The lowest BCUT2D eigenvalue weighted by Crippen LogP contribution is -2.23. The van der Waals surface area contributed by atoms with Gasteiger partial charge in [0.05, 0.1) is 0 Å². The second-order valence-electron chi connectivity index (χ2n) is 5.26. The van der Waals surface area contributed by atoms with E-state index in [-0.39, 0.29) is 0 Å². The fraction of sp³-hybridized carbons (Fsp3) is 0.600. The molecule has 2 bridgehead atoms. The molecule has 1 aromatic carbocycles. The summed E-state index contributed by atoms with van der Waals surface area (Å²) in [5.74, 6) is 2.53. The van der Waals surface area contributed by atoms with Crippen LogP contribution >= 0.6 is 0 Å². The van der Waals surface area contributed by atoms with Gasteiger partial charge in [-0.15, -0.1) is 0 Å². The van der Waals surface area contributed by atoms with Crippen molar-refractivity contribution in [2.75, 3.05) is 5.75 Å². The second kappa shape index (κ2) is 4.83. The van der Waals surface area contributed by atoms with Crippen molar-refractivity contribution in [2.24, 2.45) is 5.92 Å². The Morgan fingerprint density at radius 3 is 2.25 bits per heavy atom. The van der Waals surface area contributed by atoms with Crippen LogP contribution in [0.1, 0.15) is 38.5 Å². The van der Waals surface area contributed by atoms with Gasteiger partial charge >= 0.3 is 0 Å². The van der Waals surface area contributed by atoms with Crippen LogP contribution in [0.5, 0.6) is 0 Å². The minimum atomic E-state index is 0.569. The molecular formula is C15H21S+. The Morgan fingerprint density at radius 2 is 1.56 bits per heavy atom. The number of rotatable bonds is 1. The lowest BCUT2D eigenvalue weighted by molar-refractivity contribution is 0.430. The van der Waals surface area contributed by atoms with Crippen LogP contribution < -0.4 is 0 Å². The minimum absolute atomic E-state index is 0.569. The number of benzene rings is 1. The molecule has 2 aliphatic heterocycles. The van der Waals surface area contributed by atoms with Crippen molar-refractivity contribution in [3.05, 3.63) is 30.3 Å². The van der Waals surface area contributed by atoms with E-state index in [1.807, 2.05) is 0 Å². The maximum Gasteiger partial charge on any atom is 0.155 e. The van der Waals surface area contributed by atoms with E-state index in [9.17, 15) is 0 Å². The van der Waals surface area contributed by atoms with Crippen molar-refractivity contribution in [3.8, 4) is 0 Å². The van der Waals surface area contributed by atoms with Crippen LogP contribution in [0.3, 0.4) is 0 Å². The third kappa shape index (κ3) is 2.15. The molecule has 3 rings (SSSR count). The first-order chi connectivity index (χ1) is 7.93. The van der Waals surface area contributed by atoms with Gasteiger partial charge in [0.25, 0.3) is 0 Å². The average Bonchev–Trinajstić information content (AvgIpc) is 2.61. The summed E-state index contributed by atoms with van der Waals surface area (Å²) in [4.78, 5) is 1.64. The second-order valence-corrected chi connectivity index (χ2v) is 7.59. The summed E-state index contributed by atoms with van der Waals surface area (Å²) >= 11 is 0. The molecule has 0 aliphatic carbocycles. The highest BCUT2D eigenvalue weighted by Gasteiger charge is 2.39. The molecule has 1 unspecified atom stereocenters. The number of hydrogen-bond acceptors (Lipinski definition) is 0. The van der Waals surface area contributed by atoms with Crippen LogP contribution in [0, 0.1) is 5.92 Å². The summed E-state index contributed by atoms with van der Waals surface area (Å²) < 4.78 is 0.